The molecule has 2 aliphatic heterocycles. The van der Waals surface area contributed by atoms with Crippen LogP contribution in [0.4, 0.5) is 0 Å². The van der Waals surface area contributed by atoms with Crippen LogP contribution in [-0.4, -0.2) is 60.4 Å². The summed E-state index contributed by atoms with van der Waals surface area (Å²) in [6, 6.07) is 7.77. The highest BCUT2D eigenvalue weighted by Gasteiger charge is 2.32. The van der Waals surface area contributed by atoms with Gasteiger partial charge >= 0.3 is 0 Å². The Morgan fingerprint density at radius 2 is 1.71 bits per heavy atom. The molecule has 0 aromatic heterocycles. The number of likely N-dealkylation sites (tertiary alicyclic amines) is 2. The molecular weight excluding hydrogens is 374 g/mol. The molecule has 0 aliphatic carbocycles. The minimum Gasteiger partial charge on any atom is -0.356 e. The molecule has 0 spiro atoms. The second-order valence-electron chi connectivity index (χ2n) is 8.45. The van der Waals surface area contributed by atoms with Gasteiger partial charge in [-0.1, -0.05) is 37.6 Å². The maximum absolute atomic E-state index is 12.7. The second-order valence-corrected chi connectivity index (χ2v) is 8.86. The Kier molecular flexibility index (Phi) is 7.36. The Balaban J connectivity index is 1.44. The Hall–Kier alpha value is -1.59. The number of carbonyl (C=O) groups is 2. The van der Waals surface area contributed by atoms with Gasteiger partial charge in [-0.2, -0.15) is 0 Å². The molecule has 0 saturated carbocycles. The van der Waals surface area contributed by atoms with Crippen LogP contribution in [-0.2, 0) is 4.79 Å². The maximum atomic E-state index is 12.7. The van der Waals surface area contributed by atoms with Crippen molar-refractivity contribution in [3.63, 3.8) is 0 Å². The van der Waals surface area contributed by atoms with Gasteiger partial charge < -0.3 is 15.1 Å². The van der Waals surface area contributed by atoms with E-state index in [9.17, 15) is 9.59 Å². The smallest absolute Gasteiger partial charge is 0.255 e. The zero-order valence-corrected chi connectivity index (χ0v) is 17.8. The van der Waals surface area contributed by atoms with Crippen molar-refractivity contribution in [2.75, 3.05) is 32.7 Å². The van der Waals surface area contributed by atoms with E-state index in [-0.39, 0.29) is 17.7 Å². The fourth-order valence-electron chi connectivity index (χ4n) is 4.21. The first kappa shape index (κ1) is 21.1. The van der Waals surface area contributed by atoms with Crippen LogP contribution < -0.4 is 5.32 Å². The van der Waals surface area contributed by atoms with E-state index in [2.05, 4.69) is 24.1 Å². The van der Waals surface area contributed by atoms with Gasteiger partial charge in [-0.15, -0.1) is 0 Å². The SMILES string of the molecule is CC(C)CNC(=O)C1CCN(C2CCN(C(=O)c3ccccc3Cl)CC2)CC1. The average Bonchev–Trinajstić information content (AvgIpc) is 2.72. The maximum Gasteiger partial charge on any atom is 0.255 e. The molecular formula is C22H32ClN3O2. The van der Waals surface area contributed by atoms with Crippen LogP contribution in [0.25, 0.3) is 0 Å². The third kappa shape index (κ3) is 5.26. The van der Waals surface area contributed by atoms with Crippen molar-refractivity contribution in [3.05, 3.63) is 34.9 Å². The first-order chi connectivity index (χ1) is 13.5. The van der Waals surface area contributed by atoms with Crippen molar-refractivity contribution in [1.82, 2.24) is 15.1 Å². The lowest BCUT2D eigenvalue weighted by Crippen LogP contribution is -2.50. The molecule has 0 unspecified atom stereocenters. The molecule has 0 atom stereocenters. The first-order valence-corrected chi connectivity index (χ1v) is 10.9. The quantitative estimate of drug-likeness (QED) is 0.816. The Bertz CT molecular complexity index is 678. The number of amides is 2. The lowest BCUT2D eigenvalue weighted by atomic mass is 9.92. The predicted octanol–water partition coefficient (Wildman–Crippen LogP) is 3.43. The molecule has 2 saturated heterocycles. The van der Waals surface area contributed by atoms with Gasteiger partial charge in [0.2, 0.25) is 5.91 Å². The summed E-state index contributed by atoms with van der Waals surface area (Å²) in [5.74, 6) is 0.887. The molecule has 2 aliphatic rings. The van der Waals surface area contributed by atoms with E-state index in [1.54, 1.807) is 12.1 Å². The first-order valence-electron chi connectivity index (χ1n) is 10.5. The molecule has 154 valence electrons. The van der Waals surface area contributed by atoms with Crippen molar-refractivity contribution in [2.45, 2.75) is 45.6 Å². The fourth-order valence-corrected chi connectivity index (χ4v) is 4.43. The third-order valence-corrected chi connectivity index (χ3v) is 6.29. The lowest BCUT2D eigenvalue weighted by Gasteiger charge is -2.41. The lowest BCUT2D eigenvalue weighted by molar-refractivity contribution is -0.126. The predicted molar refractivity (Wildman–Crippen MR) is 113 cm³/mol. The Labute approximate surface area is 173 Å². The third-order valence-electron chi connectivity index (χ3n) is 5.96. The molecule has 2 heterocycles. The minimum absolute atomic E-state index is 0.0320. The molecule has 6 heteroatoms. The van der Waals surface area contributed by atoms with Crippen molar-refractivity contribution < 1.29 is 9.59 Å². The summed E-state index contributed by atoms with van der Waals surface area (Å²) in [4.78, 5) is 29.4. The van der Waals surface area contributed by atoms with Crippen molar-refractivity contribution in [2.24, 2.45) is 11.8 Å². The highest BCUT2D eigenvalue weighted by Crippen LogP contribution is 2.26. The zero-order chi connectivity index (χ0) is 20.1. The van der Waals surface area contributed by atoms with E-state index in [0.717, 1.165) is 58.4 Å². The summed E-state index contributed by atoms with van der Waals surface area (Å²) >= 11 is 6.18. The molecule has 1 aromatic carbocycles. The fraction of sp³-hybridized carbons (Fsp3) is 0.636. The van der Waals surface area contributed by atoms with Gasteiger partial charge in [-0.25, -0.2) is 0 Å². The van der Waals surface area contributed by atoms with Crippen LogP contribution in [0.3, 0.4) is 0 Å². The van der Waals surface area contributed by atoms with E-state index in [1.165, 1.54) is 0 Å². The number of piperidine rings is 2. The summed E-state index contributed by atoms with van der Waals surface area (Å²) in [5, 5.41) is 3.59. The molecule has 5 nitrogen and oxygen atoms in total. The summed E-state index contributed by atoms with van der Waals surface area (Å²) in [6.45, 7) is 8.48. The number of benzene rings is 1. The van der Waals surface area contributed by atoms with Crippen LogP contribution in [0, 0.1) is 11.8 Å². The number of nitrogens with one attached hydrogen (secondary N) is 1. The monoisotopic (exact) mass is 405 g/mol. The summed E-state index contributed by atoms with van der Waals surface area (Å²) in [5.41, 5.74) is 0.593. The summed E-state index contributed by atoms with van der Waals surface area (Å²) in [6.07, 6.45) is 3.84. The van der Waals surface area contributed by atoms with Crippen molar-refractivity contribution >= 4 is 23.4 Å². The number of hydrogen-bond acceptors (Lipinski definition) is 3. The Morgan fingerprint density at radius 3 is 2.32 bits per heavy atom. The summed E-state index contributed by atoms with van der Waals surface area (Å²) in [7, 11) is 0. The molecule has 28 heavy (non-hydrogen) atoms. The van der Waals surface area contributed by atoms with Gasteiger partial charge in [0, 0.05) is 31.6 Å². The number of halogens is 1. The van der Waals surface area contributed by atoms with E-state index in [4.69, 9.17) is 11.6 Å². The molecule has 0 radical (unpaired) electrons. The number of hydrogen-bond donors (Lipinski definition) is 1. The van der Waals surface area contributed by atoms with Crippen LogP contribution in [0.15, 0.2) is 24.3 Å². The standard InChI is InChI=1S/C22H32ClN3O2/c1-16(2)15-24-21(27)17-7-11-25(12-8-17)18-9-13-26(14-10-18)22(28)19-5-3-4-6-20(19)23/h3-6,16-18H,7-15H2,1-2H3,(H,24,27). The average molecular weight is 406 g/mol. The number of rotatable bonds is 5. The van der Waals surface area contributed by atoms with Crippen molar-refractivity contribution in [3.8, 4) is 0 Å². The van der Waals surface area contributed by atoms with Gasteiger partial charge in [-0.05, 0) is 56.8 Å². The minimum atomic E-state index is 0.0320. The topological polar surface area (TPSA) is 52.7 Å². The van der Waals surface area contributed by atoms with Crippen LogP contribution in [0.5, 0.6) is 0 Å². The van der Waals surface area contributed by atoms with E-state index < -0.39 is 0 Å². The number of carbonyl (C=O) groups excluding carboxylic acids is 2. The second kappa shape index (κ2) is 9.75. The van der Waals surface area contributed by atoms with Gasteiger partial charge in [-0.3, -0.25) is 9.59 Å². The summed E-state index contributed by atoms with van der Waals surface area (Å²) < 4.78 is 0. The highest BCUT2D eigenvalue weighted by molar-refractivity contribution is 6.33. The van der Waals surface area contributed by atoms with Gasteiger partial charge in [0.1, 0.15) is 0 Å². The highest BCUT2D eigenvalue weighted by atomic mass is 35.5. The van der Waals surface area contributed by atoms with Gasteiger partial charge in [0.15, 0.2) is 0 Å². The van der Waals surface area contributed by atoms with E-state index in [0.29, 0.717) is 22.5 Å². The Morgan fingerprint density at radius 1 is 1.07 bits per heavy atom. The zero-order valence-electron chi connectivity index (χ0n) is 17.0. The van der Waals surface area contributed by atoms with E-state index in [1.807, 2.05) is 17.0 Å². The molecule has 3 rings (SSSR count). The normalized spacial score (nSPS) is 19.8. The van der Waals surface area contributed by atoms with Gasteiger partial charge in [0.05, 0.1) is 10.6 Å². The van der Waals surface area contributed by atoms with Gasteiger partial charge in [0.25, 0.3) is 5.91 Å². The molecule has 1 N–H and O–H groups in total. The largest absolute Gasteiger partial charge is 0.356 e. The van der Waals surface area contributed by atoms with Crippen molar-refractivity contribution in [1.29, 1.82) is 0 Å². The van der Waals surface area contributed by atoms with E-state index >= 15 is 0 Å². The van der Waals surface area contributed by atoms with Crippen LogP contribution in [0.1, 0.15) is 49.9 Å². The molecule has 2 fully saturated rings. The number of nitrogens with zero attached hydrogens (tertiary/aromatic N) is 2. The van der Waals surface area contributed by atoms with Crippen LogP contribution in [0.2, 0.25) is 5.02 Å². The molecule has 1 aromatic rings. The molecule has 2 amide bonds. The van der Waals surface area contributed by atoms with Crippen LogP contribution >= 0.6 is 11.6 Å². The molecule has 0 bridgehead atoms.